The van der Waals surface area contributed by atoms with Crippen molar-refractivity contribution in [1.82, 2.24) is 10.6 Å². The largest absolute Gasteiger partial charge is 0.445 e. The van der Waals surface area contributed by atoms with Crippen molar-refractivity contribution in [3.63, 3.8) is 0 Å². The number of amides is 2. The number of carbonyl (C=O) groups is 3. The van der Waals surface area contributed by atoms with Crippen LogP contribution in [0.1, 0.15) is 11.1 Å². The summed E-state index contributed by atoms with van der Waals surface area (Å²) in [5.74, 6) is -2.00. The first-order valence-electron chi connectivity index (χ1n) is 8.55. The Kier molecular flexibility index (Phi) is 8.08. The lowest BCUT2D eigenvalue weighted by atomic mass is 10.1. The normalized spacial score (nSPS) is 11.4. The molecule has 0 aliphatic heterocycles. The Morgan fingerprint density at radius 2 is 1.71 bits per heavy atom. The molecular formula is C20H20F2N2O4. The van der Waals surface area contributed by atoms with Gasteiger partial charge >= 0.3 is 6.09 Å². The Bertz CT molecular complexity index is 815. The molecule has 1 atom stereocenters. The zero-order valence-corrected chi connectivity index (χ0v) is 15.0. The number of nitrogens with one attached hydrogen (secondary N) is 2. The summed E-state index contributed by atoms with van der Waals surface area (Å²) in [5.41, 5.74) is 1.22. The zero-order valence-electron chi connectivity index (χ0n) is 15.0. The molecule has 0 bridgehead atoms. The number of hydrogen-bond donors (Lipinski definition) is 2. The highest BCUT2D eigenvalue weighted by atomic mass is 19.1. The van der Waals surface area contributed by atoms with E-state index in [4.69, 9.17) is 4.74 Å². The van der Waals surface area contributed by atoms with E-state index in [1.165, 1.54) is 18.2 Å². The predicted octanol–water partition coefficient (Wildman–Crippen LogP) is 2.32. The fraction of sp³-hybridized carbons (Fsp3) is 0.250. The first-order valence-corrected chi connectivity index (χ1v) is 8.55. The van der Waals surface area contributed by atoms with Crippen molar-refractivity contribution in [1.29, 1.82) is 0 Å². The van der Waals surface area contributed by atoms with Crippen molar-refractivity contribution in [2.24, 2.45) is 0 Å². The molecule has 2 N–H and O–H groups in total. The summed E-state index contributed by atoms with van der Waals surface area (Å²) in [7, 11) is 0. The van der Waals surface area contributed by atoms with Crippen LogP contribution in [-0.2, 0) is 27.4 Å². The minimum Gasteiger partial charge on any atom is -0.445 e. The van der Waals surface area contributed by atoms with Crippen molar-refractivity contribution < 1.29 is 27.9 Å². The number of alkyl halides is 1. The fourth-order valence-electron chi connectivity index (χ4n) is 2.37. The van der Waals surface area contributed by atoms with Gasteiger partial charge in [-0.25, -0.2) is 13.6 Å². The number of ether oxygens (including phenoxy) is 1. The molecule has 2 aromatic carbocycles. The molecule has 28 heavy (non-hydrogen) atoms. The quantitative estimate of drug-likeness (QED) is 0.688. The van der Waals surface area contributed by atoms with Gasteiger partial charge in [0.05, 0.1) is 6.54 Å². The van der Waals surface area contributed by atoms with Gasteiger partial charge in [0, 0.05) is 6.42 Å². The summed E-state index contributed by atoms with van der Waals surface area (Å²) >= 11 is 0. The van der Waals surface area contributed by atoms with Crippen molar-refractivity contribution >= 4 is 17.8 Å². The molecule has 0 radical (unpaired) electrons. The monoisotopic (exact) mass is 390 g/mol. The average molecular weight is 390 g/mol. The van der Waals surface area contributed by atoms with Crippen molar-refractivity contribution in [2.75, 3.05) is 13.2 Å². The Balaban J connectivity index is 2.00. The number of ketones is 1. The van der Waals surface area contributed by atoms with E-state index < -0.39 is 42.9 Å². The maximum absolute atomic E-state index is 13.4. The Hall–Kier alpha value is -3.29. The highest BCUT2D eigenvalue weighted by Crippen LogP contribution is 2.08. The lowest BCUT2D eigenvalue weighted by Crippen LogP contribution is -2.49. The molecule has 0 fully saturated rings. The lowest BCUT2D eigenvalue weighted by Gasteiger charge is -2.18. The molecule has 0 aliphatic rings. The molecule has 0 aromatic heterocycles. The minimum atomic E-state index is -1.21. The molecule has 0 aliphatic carbocycles. The highest BCUT2D eigenvalue weighted by Gasteiger charge is 2.22. The molecular weight excluding hydrogens is 370 g/mol. The molecule has 0 saturated carbocycles. The van der Waals surface area contributed by atoms with Crippen LogP contribution >= 0.6 is 0 Å². The predicted molar refractivity (Wildman–Crippen MR) is 97.6 cm³/mol. The van der Waals surface area contributed by atoms with E-state index in [-0.39, 0.29) is 13.0 Å². The smallest absolute Gasteiger partial charge is 0.408 e. The van der Waals surface area contributed by atoms with E-state index in [2.05, 4.69) is 10.6 Å². The topological polar surface area (TPSA) is 84.5 Å². The molecule has 6 nitrogen and oxygen atoms in total. The number of alkyl carbamates (subject to hydrolysis) is 1. The third-order valence-corrected chi connectivity index (χ3v) is 3.76. The summed E-state index contributed by atoms with van der Waals surface area (Å²) in [6.45, 7) is -1.71. The first kappa shape index (κ1) is 21.0. The van der Waals surface area contributed by atoms with Crippen LogP contribution in [0.15, 0.2) is 54.6 Å². The van der Waals surface area contributed by atoms with E-state index >= 15 is 0 Å². The summed E-state index contributed by atoms with van der Waals surface area (Å²) in [5, 5.41) is 4.65. The average Bonchev–Trinajstić information content (AvgIpc) is 2.70. The van der Waals surface area contributed by atoms with Crippen LogP contribution in [0.3, 0.4) is 0 Å². The summed E-state index contributed by atoms with van der Waals surface area (Å²) in [6.07, 6.45) is -0.884. The van der Waals surface area contributed by atoms with Crippen LogP contribution in [0.5, 0.6) is 0 Å². The Morgan fingerprint density at radius 1 is 1.00 bits per heavy atom. The van der Waals surface area contributed by atoms with E-state index in [0.29, 0.717) is 5.56 Å². The summed E-state index contributed by atoms with van der Waals surface area (Å²) in [6, 6.07) is 13.4. The maximum atomic E-state index is 13.4. The van der Waals surface area contributed by atoms with Gasteiger partial charge in [-0.3, -0.25) is 9.59 Å². The number of carbonyl (C=O) groups excluding carboxylic acids is 3. The van der Waals surface area contributed by atoms with Crippen LogP contribution in [0, 0.1) is 5.82 Å². The lowest BCUT2D eigenvalue weighted by molar-refractivity contribution is -0.126. The second kappa shape index (κ2) is 10.8. The van der Waals surface area contributed by atoms with Crippen molar-refractivity contribution in [3.05, 3.63) is 71.5 Å². The molecule has 2 amide bonds. The summed E-state index contributed by atoms with van der Waals surface area (Å²) < 4.78 is 30.7. The maximum Gasteiger partial charge on any atom is 0.408 e. The third kappa shape index (κ3) is 7.14. The molecule has 8 heteroatoms. The van der Waals surface area contributed by atoms with Gasteiger partial charge < -0.3 is 15.4 Å². The standard InChI is InChI=1S/C20H20F2N2O4/c21-11-17(25)12-23-19(26)18(10-15-7-4-8-16(22)9-15)24-20(27)28-13-14-5-2-1-3-6-14/h1-9,18H,10-13H2,(H,23,26)(H,24,27)/t18-/m0/s1. The van der Waals surface area contributed by atoms with Crippen LogP contribution in [0.25, 0.3) is 0 Å². The van der Waals surface area contributed by atoms with Gasteiger partial charge in [0.15, 0.2) is 5.78 Å². The Morgan fingerprint density at radius 3 is 2.39 bits per heavy atom. The zero-order chi connectivity index (χ0) is 20.4. The molecule has 0 spiro atoms. The Labute approximate surface area is 160 Å². The van der Waals surface area contributed by atoms with Crippen LogP contribution in [0.4, 0.5) is 13.6 Å². The van der Waals surface area contributed by atoms with Gasteiger partial charge in [0.25, 0.3) is 0 Å². The van der Waals surface area contributed by atoms with Crippen LogP contribution in [-0.4, -0.2) is 37.0 Å². The van der Waals surface area contributed by atoms with Gasteiger partial charge in [0.1, 0.15) is 25.1 Å². The van der Waals surface area contributed by atoms with Gasteiger partial charge in [-0.05, 0) is 23.3 Å². The van der Waals surface area contributed by atoms with Crippen molar-refractivity contribution in [3.8, 4) is 0 Å². The fourth-order valence-corrected chi connectivity index (χ4v) is 2.37. The van der Waals surface area contributed by atoms with Gasteiger partial charge in [-0.15, -0.1) is 0 Å². The molecule has 2 rings (SSSR count). The number of halogens is 2. The minimum absolute atomic E-state index is 0.00130. The number of hydrogen-bond acceptors (Lipinski definition) is 4. The first-order chi connectivity index (χ1) is 13.5. The SMILES string of the molecule is O=C(CF)CNC(=O)[C@H](Cc1cccc(F)c1)NC(=O)OCc1ccccc1. The van der Waals surface area contributed by atoms with Gasteiger partial charge in [-0.2, -0.15) is 0 Å². The van der Waals surface area contributed by atoms with E-state index in [1.807, 2.05) is 6.07 Å². The summed E-state index contributed by atoms with van der Waals surface area (Å²) in [4.78, 5) is 35.5. The van der Waals surface area contributed by atoms with E-state index in [0.717, 1.165) is 5.56 Å². The molecule has 0 heterocycles. The van der Waals surface area contributed by atoms with Crippen LogP contribution < -0.4 is 10.6 Å². The number of benzene rings is 2. The number of Topliss-reactive ketones (excluding diaryl/α,β-unsaturated/α-hetero) is 1. The number of rotatable bonds is 9. The van der Waals surface area contributed by atoms with Crippen molar-refractivity contribution in [2.45, 2.75) is 19.1 Å². The molecule has 2 aromatic rings. The second-order valence-electron chi connectivity index (χ2n) is 5.98. The van der Waals surface area contributed by atoms with E-state index in [1.54, 1.807) is 30.3 Å². The third-order valence-electron chi connectivity index (χ3n) is 3.76. The molecule has 148 valence electrons. The van der Waals surface area contributed by atoms with Crippen LogP contribution in [0.2, 0.25) is 0 Å². The molecule has 0 saturated heterocycles. The molecule has 0 unspecified atom stereocenters. The van der Waals surface area contributed by atoms with Gasteiger partial charge in [-0.1, -0.05) is 42.5 Å². The van der Waals surface area contributed by atoms with Gasteiger partial charge in [0.2, 0.25) is 5.91 Å². The highest BCUT2D eigenvalue weighted by molar-refractivity contribution is 5.90. The second-order valence-corrected chi connectivity index (χ2v) is 5.98. The van der Waals surface area contributed by atoms with E-state index in [9.17, 15) is 23.2 Å².